The molecule has 0 aliphatic carbocycles. The third-order valence-corrected chi connectivity index (χ3v) is 2.22. The normalized spacial score (nSPS) is 10.3. The van der Waals surface area contributed by atoms with Gasteiger partial charge in [-0.3, -0.25) is 10.1 Å². The number of rotatable bonds is 2. The Kier molecular flexibility index (Phi) is 2.32. The number of aryl methyl sites for hydroxylation is 1. The van der Waals surface area contributed by atoms with Crippen molar-refractivity contribution in [1.29, 1.82) is 0 Å². The molecule has 0 atom stereocenters. The zero-order valence-electron chi connectivity index (χ0n) is 8.51. The minimum absolute atomic E-state index is 0.0835. The van der Waals surface area contributed by atoms with E-state index in [0.717, 1.165) is 5.56 Å². The Balaban J connectivity index is 2.45. The number of hydrogen-bond donors (Lipinski definition) is 1. The minimum Gasteiger partial charge on any atom is -0.368 e. The van der Waals surface area contributed by atoms with Crippen LogP contribution in [0.5, 0.6) is 0 Å². The van der Waals surface area contributed by atoms with Crippen LogP contribution >= 0.6 is 0 Å². The average Bonchev–Trinajstić information content (AvgIpc) is 2.64. The smallest absolute Gasteiger partial charge is 0.272 e. The van der Waals surface area contributed by atoms with E-state index < -0.39 is 4.92 Å². The van der Waals surface area contributed by atoms with Crippen molar-refractivity contribution >= 4 is 11.6 Å². The van der Waals surface area contributed by atoms with Crippen LogP contribution in [0.4, 0.5) is 11.6 Å². The summed E-state index contributed by atoms with van der Waals surface area (Å²) >= 11 is 0. The highest BCUT2D eigenvalue weighted by atomic mass is 16.6. The fraction of sp³-hybridized carbons (Fsp3) is 0.100. The van der Waals surface area contributed by atoms with Gasteiger partial charge >= 0.3 is 0 Å². The molecule has 0 saturated heterocycles. The zero-order valence-corrected chi connectivity index (χ0v) is 8.51. The highest BCUT2D eigenvalue weighted by molar-refractivity contribution is 5.64. The molecule has 0 bridgehead atoms. The molecule has 0 saturated carbocycles. The van der Waals surface area contributed by atoms with Gasteiger partial charge in [0.05, 0.1) is 4.92 Å². The standard InChI is InChI=1S/C10H9N3O3/c1-6-4-7(2-3-9(6)13(14)15)8-5-10(11)16-12-8/h2-5H,11H2,1H3. The van der Waals surface area contributed by atoms with Crippen LogP contribution in [0.1, 0.15) is 5.56 Å². The molecular formula is C10H9N3O3. The Bertz CT molecular complexity index is 548. The lowest BCUT2D eigenvalue weighted by atomic mass is 10.1. The molecule has 82 valence electrons. The van der Waals surface area contributed by atoms with Crippen molar-refractivity contribution < 1.29 is 9.45 Å². The first kappa shape index (κ1) is 10.2. The van der Waals surface area contributed by atoms with Crippen molar-refractivity contribution in [2.75, 3.05) is 5.73 Å². The van der Waals surface area contributed by atoms with Crippen LogP contribution in [-0.2, 0) is 0 Å². The molecular weight excluding hydrogens is 210 g/mol. The fourth-order valence-corrected chi connectivity index (χ4v) is 1.45. The van der Waals surface area contributed by atoms with E-state index in [1.165, 1.54) is 6.07 Å². The molecule has 0 amide bonds. The van der Waals surface area contributed by atoms with Crippen molar-refractivity contribution in [3.63, 3.8) is 0 Å². The molecule has 2 rings (SSSR count). The van der Waals surface area contributed by atoms with Gasteiger partial charge < -0.3 is 10.3 Å². The fourth-order valence-electron chi connectivity index (χ4n) is 1.45. The van der Waals surface area contributed by atoms with E-state index in [4.69, 9.17) is 10.3 Å². The van der Waals surface area contributed by atoms with Crippen molar-refractivity contribution in [3.8, 4) is 11.3 Å². The molecule has 0 fully saturated rings. The minimum atomic E-state index is -0.420. The largest absolute Gasteiger partial charge is 0.368 e. The number of nitrogen functional groups attached to an aromatic ring is 1. The van der Waals surface area contributed by atoms with Gasteiger partial charge in [0.2, 0.25) is 5.88 Å². The van der Waals surface area contributed by atoms with Crippen LogP contribution in [0.2, 0.25) is 0 Å². The van der Waals surface area contributed by atoms with Crippen molar-refractivity contribution in [2.24, 2.45) is 0 Å². The number of nitro benzene ring substituents is 1. The van der Waals surface area contributed by atoms with E-state index in [2.05, 4.69) is 5.16 Å². The molecule has 6 heteroatoms. The lowest BCUT2D eigenvalue weighted by molar-refractivity contribution is -0.385. The van der Waals surface area contributed by atoms with E-state index in [-0.39, 0.29) is 11.6 Å². The van der Waals surface area contributed by atoms with E-state index >= 15 is 0 Å². The number of hydrogen-bond acceptors (Lipinski definition) is 5. The summed E-state index contributed by atoms with van der Waals surface area (Å²) in [6.07, 6.45) is 0. The summed E-state index contributed by atoms with van der Waals surface area (Å²) in [6, 6.07) is 6.30. The van der Waals surface area contributed by atoms with Gasteiger partial charge in [-0.2, -0.15) is 0 Å². The Morgan fingerprint density at radius 3 is 2.69 bits per heavy atom. The quantitative estimate of drug-likeness (QED) is 0.616. The third kappa shape index (κ3) is 1.72. The maximum Gasteiger partial charge on any atom is 0.272 e. The van der Waals surface area contributed by atoms with Gasteiger partial charge in [0.1, 0.15) is 5.69 Å². The Morgan fingerprint density at radius 1 is 1.44 bits per heavy atom. The second-order valence-electron chi connectivity index (χ2n) is 3.37. The Hall–Kier alpha value is -2.37. The SMILES string of the molecule is Cc1cc(-c2cc(N)on2)ccc1[N+](=O)[O-]. The lowest BCUT2D eigenvalue weighted by Crippen LogP contribution is -1.91. The Labute approximate surface area is 90.8 Å². The third-order valence-electron chi connectivity index (χ3n) is 2.22. The number of nitrogens with two attached hydrogens (primary N) is 1. The van der Waals surface area contributed by atoms with E-state index in [0.29, 0.717) is 11.3 Å². The van der Waals surface area contributed by atoms with Crippen molar-refractivity contribution in [2.45, 2.75) is 6.92 Å². The summed E-state index contributed by atoms with van der Waals surface area (Å²) in [5, 5.41) is 14.4. The monoisotopic (exact) mass is 219 g/mol. The molecule has 6 nitrogen and oxygen atoms in total. The highest BCUT2D eigenvalue weighted by Gasteiger charge is 2.12. The van der Waals surface area contributed by atoms with Gasteiger partial charge in [0.25, 0.3) is 5.69 Å². The summed E-state index contributed by atoms with van der Waals surface area (Å²) in [5.74, 6) is 0.214. The predicted octanol–water partition coefficient (Wildman–Crippen LogP) is 2.14. The number of benzene rings is 1. The van der Waals surface area contributed by atoms with Gasteiger partial charge in [-0.1, -0.05) is 5.16 Å². The number of nitrogens with zero attached hydrogens (tertiary/aromatic N) is 2. The summed E-state index contributed by atoms with van der Waals surface area (Å²) < 4.78 is 4.73. The van der Waals surface area contributed by atoms with Crippen LogP contribution in [0.3, 0.4) is 0 Å². The van der Waals surface area contributed by atoms with Gasteiger partial charge in [-0.15, -0.1) is 0 Å². The molecule has 16 heavy (non-hydrogen) atoms. The van der Waals surface area contributed by atoms with Gasteiger partial charge in [0, 0.05) is 23.3 Å². The molecule has 0 aliphatic rings. The second kappa shape index (κ2) is 3.65. The molecule has 1 heterocycles. The topological polar surface area (TPSA) is 95.2 Å². The molecule has 1 aromatic heterocycles. The maximum absolute atomic E-state index is 10.6. The average molecular weight is 219 g/mol. The van der Waals surface area contributed by atoms with Gasteiger partial charge in [-0.25, -0.2) is 0 Å². The molecule has 2 aromatic rings. The van der Waals surface area contributed by atoms with Crippen LogP contribution in [-0.4, -0.2) is 10.1 Å². The van der Waals surface area contributed by atoms with Gasteiger partial charge in [-0.05, 0) is 19.1 Å². The molecule has 0 unspecified atom stereocenters. The van der Waals surface area contributed by atoms with Crippen LogP contribution in [0.15, 0.2) is 28.8 Å². The summed E-state index contributed by atoms with van der Waals surface area (Å²) in [5.41, 5.74) is 7.36. The summed E-state index contributed by atoms with van der Waals surface area (Å²) in [7, 11) is 0. The number of aromatic nitrogens is 1. The van der Waals surface area contributed by atoms with Crippen LogP contribution in [0.25, 0.3) is 11.3 Å². The second-order valence-corrected chi connectivity index (χ2v) is 3.37. The molecule has 0 radical (unpaired) electrons. The first-order valence-corrected chi connectivity index (χ1v) is 4.55. The predicted molar refractivity (Wildman–Crippen MR) is 57.7 cm³/mol. The highest BCUT2D eigenvalue weighted by Crippen LogP contribution is 2.26. The van der Waals surface area contributed by atoms with E-state index in [1.807, 2.05) is 0 Å². The molecule has 1 aromatic carbocycles. The van der Waals surface area contributed by atoms with Gasteiger partial charge in [0.15, 0.2) is 0 Å². The molecule has 2 N–H and O–H groups in total. The van der Waals surface area contributed by atoms with Crippen LogP contribution < -0.4 is 5.73 Å². The molecule has 0 aliphatic heterocycles. The zero-order chi connectivity index (χ0) is 11.7. The van der Waals surface area contributed by atoms with E-state index in [9.17, 15) is 10.1 Å². The first-order chi connectivity index (χ1) is 7.58. The van der Waals surface area contributed by atoms with Crippen molar-refractivity contribution in [3.05, 3.63) is 39.9 Å². The summed E-state index contributed by atoms with van der Waals surface area (Å²) in [4.78, 5) is 10.2. The summed E-state index contributed by atoms with van der Waals surface area (Å²) in [6.45, 7) is 1.67. The van der Waals surface area contributed by atoms with Crippen LogP contribution in [0, 0.1) is 17.0 Å². The Morgan fingerprint density at radius 2 is 2.19 bits per heavy atom. The molecule has 0 spiro atoms. The van der Waals surface area contributed by atoms with Crippen molar-refractivity contribution in [1.82, 2.24) is 5.16 Å². The number of anilines is 1. The number of nitro groups is 1. The maximum atomic E-state index is 10.6. The first-order valence-electron chi connectivity index (χ1n) is 4.55. The van der Waals surface area contributed by atoms with E-state index in [1.54, 1.807) is 25.1 Å². The lowest BCUT2D eigenvalue weighted by Gasteiger charge is -1.99.